The quantitative estimate of drug-likeness (QED) is 0.759. The highest BCUT2D eigenvalue weighted by atomic mass is 16.5. The summed E-state index contributed by atoms with van der Waals surface area (Å²) in [6, 6.07) is 0.603. The molecule has 2 rings (SSSR count). The van der Waals surface area contributed by atoms with Crippen LogP contribution < -0.4 is 10.2 Å². The van der Waals surface area contributed by atoms with Crippen molar-refractivity contribution in [3.63, 3.8) is 0 Å². The van der Waals surface area contributed by atoms with Crippen molar-refractivity contribution in [2.24, 2.45) is 0 Å². The molecule has 0 unspecified atom stereocenters. The molecule has 0 saturated carbocycles. The molecule has 0 bridgehead atoms. The third kappa shape index (κ3) is 2.66. The van der Waals surface area contributed by atoms with Gasteiger partial charge in [-0.3, -0.25) is 0 Å². The molecule has 0 radical (unpaired) electrons. The van der Waals surface area contributed by atoms with Gasteiger partial charge in [0.2, 0.25) is 5.89 Å². The zero-order chi connectivity index (χ0) is 10.5. The SMILES string of the molecule is CCNCc1nnc(N2CCOCC2)o1. The summed E-state index contributed by atoms with van der Waals surface area (Å²) < 4.78 is 10.8. The summed E-state index contributed by atoms with van der Waals surface area (Å²) in [6.45, 7) is 6.67. The molecule has 6 heteroatoms. The molecular formula is C9H16N4O2. The van der Waals surface area contributed by atoms with Crippen molar-refractivity contribution in [3.8, 4) is 0 Å². The second-order valence-corrected chi connectivity index (χ2v) is 3.36. The van der Waals surface area contributed by atoms with Gasteiger partial charge in [-0.25, -0.2) is 0 Å². The highest BCUT2D eigenvalue weighted by molar-refractivity contribution is 5.24. The summed E-state index contributed by atoms with van der Waals surface area (Å²) in [7, 11) is 0. The highest BCUT2D eigenvalue weighted by Gasteiger charge is 2.16. The third-order valence-corrected chi connectivity index (χ3v) is 2.26. The number of morpholine rings is 1. The van der Waals surface area contributed by atoms with E-state index in [0.717, 1.165) is 32.8 Å². The lowest BCUT2D eigenvalue weighted by Gasteiger charge is -2.24. The van der Waals surface area contributed by atoms with Gasteiger partial charge in [0.1, 0.15) is 0 Å². The summed E-state index contributed by atoms with van der Waals surface area (Å²) >= 11 is 0. The molecule has 1 aliphatic heterocycles. The Balaban J connectivity index is 1.93. The maximum Gasteiger partial charge on any atom is 0.318 e. The molecule has 6 nitrogen and oxygen atoms in total. The smallest absolute Gasteiger partial charge is 0.318 e. The zero-order valence-electron chi connectivity index (χ0n) is 8.90. The van der Waals surface area contributed by atoms with Gasteiger partial charge in [-0.1, -0.05) is 12.0 Å². The van der Waals surface area contributed by atoms with Crippen molar-refractivity contribution in [1.82, 2.24) is 15.5 Å². The molecule has 0 spiro atoms. The summed E-state index contributed by atoms with van der Waals surface area (Å²) in [6.07, 6.45) is 0. The molecule has 2 heterocycles. The van der Waals surface area contributed by atoms with Crippen LogP contribution in [0.2, 0.25) is 0 Å². The fraction of sp³-hybridized carbons (Fsp3) is 0.778. The Labute approximate surface area is 88.6 Å². The van der Waals surface area contributed by atoms with Crippen LogP contribution in [-0.2, 0) is 11.3 Å². The summed E-state index contributed by atoms with van der Waals surface area (Å²) in [5, 5.41) is 11.1. The fourth-order valence-corrected chi connectivity index (χ4v) is 1.43. The molecule has 0 aliphatic carbocycles. The van der Waals surface area contributed by atoms with Crippen molar-refractivity contribution in [2.75, 3.05) is 37.7 Å². The molecule has 1 saturated heterocycles. The molecule has 0 amide bonds. The Kier molecular flexibility index (Phi) is 3.52. The number of anilines is 1. The van der Waals surface area contributed by atoms with E-state index in [1.54, 1.807) is 0 Å². The van der Waals surface area contributed by atoms with Crippen LogP contribution in [0.15, 0.2) is 4.42 Å². The van der Waals surface area contributed by atoms with E-state index in [-0.39, 0.29) is 0 Å². The first kappa shape index (κ1) is 10.4. The van der Waals surface area contributed by atoms with Crippen LogP contribution >= 0.6 is 0 Å². The van der Waals surface area contributed by atoms with Crippen molar-refractivity contribution in [1.29, 1.82) is 0 Å². The molecule has 15 heavy (non-hydrogen) atoms. The lowest BCUT2D eigenvalue weighted by molar-refractivity contribution is 0.120. The van der Waals surface area contributed by atoms with Gasteiger partial charge in [-0.15, -0.1) is 5.10 Å². The predicted molar refractivity (Wildman–Crippen MR) is 54.7 cm³/mol. The first-order valence-electron chi connectivity index (χ1n) is 5.26. The molecular weight excluding hydrogens is 196 g/mol. The predicted octanol–water partition coefficient (Wildman–Crippen LogP) is 0.0157. The largest absolute Gasteiger partial charge is 0.407 e. The van der Waals surface area contributed by atoms with Crippen molar-refractivity contribution < 1.29 is 9.15 Å². The van der Waals surface area contributed by atoms with E-state index in [4.69, 9.17) is 9.15 Å². The Morgan fingerprint density at radius 2 is 2.13 bits per heavy atom. The summed E-state index contributed by atoms with van der Waals surface area (Å²) in [5.41, 5.74) is 0. The topological polar surface area (TPSA) is 63.4 Å². The van der Waals surface area contributed by atoms with Gasteiger partial charge in [0, 0.05) is 13.1 Å². The average Bonchev–Trinajstić information content (AvgIpc) is 2.76. The highest BCUT2D eigenvalue weighted by Crippen LogP contribution is 2.13. The minimum Gasteiger partial charge on any atom is -0.407 e. The van der Waals surface area contributed by atoms with Crippen LogP contribution in [0.5, 0.6) is 0 Å². The van der Waals surface area contributed by atoms with Crippen LogP contribution in [0.4, 0.5) is 6.01 Å². The number of ether oxygens (including phenoxy) is 1. The van der Waals surface area contributed by atoms with Gasteiger partial charge < -0.3 is 19.4 Å². The van der Waals surface area contributed by atoms with Crippen LogP contribution in [0.3, 0.4) is 0 Å². The Morgan fingerprint density at radius 3 is 2.87 bits per heavy atom. The van der Waals surface area contributed by atoms with Crippen LogP contribution in [0.25, 0.3) is 0 Å². The molecule has 1 aromatic heterocycles. The van der Waals surface area contributed by atoms with E-state index in [1.807, 2.05) is 11.8 Å². The number of nitrogens with one attached hydrogen (secondary N) is 1. The molecule has 0 atom stereocenters. The maximum absolute atomic E-state index is 5.51. The van der Waals surface area contributed by atoms with Gasteiger partial charge in [0.25, 0.3) is 0 Å². The van der Waals surface area contributed by atoms with Gasteiger partial charge in [0.05, 0.1) is 19.8 Å². The minimum absolute atomic E-state index is 0.603. The Hall–Kier alpha value is -1.14. The molecule has 1 aliphatic rings. The molecule has 84 valence electrons. The number of hydrogen-bond donors (Lipinski definition) is 1. The third-order valence-electron chi connectivity index (χ3n) is 2.26. The normalized spacial score (nSPS) is 17.0. The van der Waals surface area contributed by atoms with E-state index in [1.165, 1.54) is 0 Å². The second kappa shape index (κ2) is 5.09. The van der Waals surface area contributed by atoms with Crippen LogP contribution in [-0.4, -0.2) is 43.0 Å². The van der Waals surface area contributed by atoms with Crippen LogP contribution in [0, 0.1) is 0 Å². The second-order valence-electron chi connectivity index (χ2n) is 3.36. The van der Waals surface area contributed by atoms with Crippen molar-refractivity contribution in [2.45, 2.75) is 13.5 Å². The average molecular weight is 212 g/mol. The van der Waals surface area contributed by atoms with Crippen molar-refractivity contribution in [3.05, 3.63) is 5.89 Å². The molecule has 0 aromatic carbocycles. The lowest BCUT2D eigenvalue weighted by atomic mass is 10.5. The van der Waals surface area contributed by atoms with Gasteiger partial charge in [-0.2, -0.15) is 0 Å². The Morgan fingerprint density at radius 1 is 1.33 bits per heavy atom. The number of hydrogen-bond acceptors (Lipinski definition) is 6. The van der Waals surface area contributed by atoms with E-state index in [9.17, 15) is 0 Å². The monoisotopic (exact) mass is 212 g/mol. The minimum atomic E-state index is 0.603. The molecule has 1 aromatic rings. The maximum atomic E-state index is 5.51. The molecule has 1 N–H and O–H groups in total. The van der Waals surface area contributed by atoms with E-state index in [2.05, 4.69) is 15.5 Å². The fourth-order valence-electron chi connectivity index (χ4n) is 1.43. The van der Waals surface area contributed by atoms with Gasteiger partial charge in [-0.05, 0) is 6.54 Å². The zero-order valence-corrected chi connectivity index (χ0v) is 8.90. The lowest BCUT2D eigenvalue weighted by Crippen LogP contribution is -2.36. The van der Waals surface area contributed by atoms with E-state index < -0.39 is 0 Å². The van der Waals surface area contributed by atoms with E-state index >= 15 is 0 Å². The van der Waals surface area contributed by atoms with Gasteiger partial charge >= 0.3 is 6.01 Å². The van der Waals surface area contributed by atoms with Crippen LogP contribution in [0.1, 0.15) is 12.8 Å². The van der Waals surface area contributed by atoms with Crippen molar-refractivity contribution >= 4 is 6.01 Å². The standard InChI is InChI=1S/C9H16N4O2/c1-2-10-7-8-11-12-9(15-8)13-3-5-14-6-4-13/h10H,2-7H2,1H3. The first-order valence-corrected chi connectivity index (χ1v) is 5.26. The first-order chi connectivity index (χ1) is 7.40. The summed E-state index contributed by atoms with van der Waals surface area (Å²) in [4.78, 5) is 2.05. The number of aromatic nitrogens is 2. The molecule has 1 fully saturated rings. The number of nitrogens with zero attached hydrogens (tertiary/aromatic N) is 3. The Bertz CT molecular complexity index is 296. The van der Waals surface area contributed by atoms with Gasteiger partial charge in [0.15, 0.2) is 0 Å². The van der Waals surface area contributed by atoms with E-state index in [0.29, 0.717) is 18.5 Å². The summed E-state index contributed by atoms with van der Waals surface area (Å²) in [5.74, 6) is 0.637. The number of rotatable bonds is 4.